The number of hydrogen-bond donors (Lipinski definition) is 1. The summed E-state index contributed by atoms with van der Waals surface area (Å²) in [6.45, 7) is 3.41. The van der Waals surface area contributed by atoms with E-state index in [1.165, 1.54) is 24.7 Å². The smallest absolute Gasteiger partial charge is 0.149 e. The highest BCUT2D eigenvalue weighted by Gasteiger charge is 2.20. The average Bonchev–Trinajstić information content (AvgIpc) is 3.25. The van der Waals surface area contributed by atoms with E-state index in [4.69, 9.17) is 0 Å². The molecule has 0 radical (unpaired) electrons. The third kappa shape index (κ3) is 5.63. The van der Waals surface area contributed by atoms with Crippen molar-refractivity contribution < 1.29 is 8.42 Å². The third-order valence-electron chi connectivity index (χ3n) is 3.65. The van der Waals surface area contributed by atoms with Crippen molar-refractivity contribution in [2.24, 2.45) is 0 Å². The van der Waals surface area contributed by atoms with Crippen LogP contribution < -0.4 is 10.2 Å². The Hall–Kier alpha value is -1.14. The summed E-state index contributed by atoms with van der Waals surface area (Å²) in [5, 5.41) is 3.50. The van der Waals surface area contributed by atoms with E-state index in [-0.39, 0.29) is 5.75 Å². The van der Waals surface area contributed by atoms with Crippen LogP contribution in [0.2, 0.25) is 0 Å². The molecule has 5 nitrogen and oxygen atoms in total. The van der Waals surface area contributed by atoms with Gasteiger partial charge in [0.1, 0.15) is 15.7 Å². The van der Waals surface area contributed by atoms with Crippen molar-refractivity contribution in [2.75, 3.05) is 30.5 Å². The number of aryl methyl sites for hydroxylation is 1. The maximum absolute atomic E-state index is 11.3. The fourth-order valence-electron chi connectivity index (χ4n) is 2.08. The summed E-state index contributed by atoms with van der Waals surface area (Å²) >= 11 is 0. The van der Waals surface area contributed by atoms with Crippen LogP contribution in [-0.2, 0) is 22.8 Å². The fourth-order valence-corrected chi connectivity index (χ4v) is 2.68. The van der Waals surface area contributed by atoms with Gasteiger partial charge in [-0.05, 0) is 37.0 Å². The summed E-state index contributed by atoms with van der Waals surface area (Å²) in [5.41, 5.74) is 2.27. The van der Waals surface area contributed by atoms with Crippen LogP contribution in [0.25, 0.3) is 0 Å². The molecule has 1 aliphatic carbocycles. The Morgan fingerprint density at radius 3 is 2.67 bits per heavy atom. The van der Waals surface area contributed by atoms with Gasteiger partial charge >= 0.3 is 0 Å². The third-order valence-corrected chi connectivity index (χ3v) is 4.57. The molecule has 0 spiro atoms. The fraction of sp³-hybridized carbons (Fsp3) is 0.667. The lowest BCUT2D eigenvalue weighted by atomic mass is 10.2. The Morgan fingerprint density at radius 2 is 2.10 bits per heavy atom. The van der Waals surface area contributed by atoms with Gasteiger partial charge in [-0.3, -0.25) is 0 Å². The molecule has 1 aliphatic rings. The first-order valence-corrected chi connectivity index (χ1v) is 9.55. The first kappa shape index (κ1) is 16.2. The van der Waals surface area contributed by atoms with E-state index >= 15 is 0 Å². The number of hydrogen-bond acceptors (Lipinski definition) is 5. The molecule has 0 saturated heterocycles. The number of nitrogens with zero attached hydrogens (tertiary/aromatic N) is 2. The van der Waals surface area contributed by atoms with Gasteiger partial charge in [-0.1, -0.05) is 6.92 Å². The molecule has 0 bridgehead atoms. The van der Waals surface area contributed by atoms with Crippen LogP contribution in [-0.4, -0.2) is 45.0 Å². The monoisotopic (exact) mass is 311 g/mol. The highest BCUT2D eigenvalue weighted by molar-refractivity contribution is 7.90. The molecule has 1 aromatic heterocycles. The first-order chi connectivity index (χ1) is 9.87. The Bertz CT molecular complexity index is 583. The molecule has 1 aromatic rings. The number of anilines is 1. The summed E-state index contributed by atoms with van der Waals surface area (Å²) in [7, 11) is -1.05. The van der Waals surface area contributed by atoms with Gasteiger partial charge in [-0.15, -0.1) is 0 Å². The summed E-state index contributed by atoms with van der Waals surface area (Å²) in [6, 6.07) is 4.86. The highest BCUT2D eigenvalue weighted by atomic mass is 32.2. The minimum absolute atomic E-state index is 0.150. The Balaban J connectivity index is 2.06. The van der Waals surface area contributed by atoms with Crippen LogP contribution in [0.4, 0.5) is 5.82 Å². The molecule has 1 heterocycles. The van der Waals surface area contributed by atoms with Crippen molar-refractivity contribution in [2.45, 2.75) is 38.8 Å². The van der Waals surface area contributed by atoms with Gasteiger partial charge in [0.25, 0.3) is 0 Å². The lowest BCUT2D eigenvalue weighted by Gasteiger charge is -2.19. The molecule has 0 aliphatic heterocycles. The maximum Gasteiger partial charge on any atom is 0.149 e. The lowest BCUT2D eigenvalue weighted by molar-refractivity contribution is 0.601. The van der Waals surface area contributed by atoms with E-state index in [9.17, 15) is 8.42 Å². The zero-order chi connectivity index (χ0) is 15.5. The molecular weight excluding hydrogens is 286 g/mol. The molecule has 2 rings (SSSR count). The summed E-state index contributed by atoms with van der Waals surface area (Å²) in [5.74, 6) is 1.00. The van der Waals surface area contributed by atoms with Crippen molar-refractivity contribution in [3.63, 3.8) is 0 Å². The minimum Gasteiger partial charge on any atom is -0.359 e. The number of pyridine rings is 1. The van der Waals surface area contributed by atoms with Crippen LogP contribution in [0, 0.1) is 0 Å². The van der Waals surface area contributed by atoms with Crippen molar-refractivity contribution in [1.82, 2.24) is 10.3 Å². The zero-order valence-electron chi connectivity index (χ0n) is 13.1. The normalized spacial score (nSPS) is 15.2. The van der Waals surface area contributed by atoms with E-state index in [1.807, 2.05) is 11.9 Å². The summed E-state index contributed by atoms with van der Waals surface area (Å²) < 4.78 is 22.6. The molecule has 1 fully saturated rings. The van der Waals surface area contributed by atoms with E-state index < -0.39 is 9.84 Å². The zero-order valence-corrected chi connectivity index (χ0v) is 13.9. The lowest BCUT2D eigenvalue weighted by Crippen LogP contribution is -2.26. The number of sulfone groups is 1. The van der Waals surface area contributed by atoms with E-state index in [0.29, 0.717) is 12.6 Å². The molecular formula is C15H25N3O2S. The Labute approximate surface area is 127 Å². The molecule has 0 amide bonds. The molecule has 21 heavy (non-hydrogen) atoms. The molecule has 0 unspecified atom stereocenters. The number of rotatable bonds is 8. The summed E-state index contributed by atoms with van der Waals surface area (Å²) in [6.07, 6.45) is 4.69. The number of nitrogens with one attached hydrogen (secondary N) is 1. The van der Waals surface area contributed by atoms with Gasteiger partial charge in [0.2, 0.25) is 0 Å². The standard InChI is InChI=1S/C15H25N3O2S/c1-4-13-9-12(11-16-14-5-6-14)10-15(17-13)18(2)7-8-21(3,19)20/h9-10,14,16H,4-8,11H2,1-3H3. The predicted octanol–water partition coefficient (Wildman–Crippen LogP) is 1.38. The van der Waals surface area contributed by atoms with Gasteiger partial charge in [0.05, 0.1) is 5.75 Å². The first-order valence-electron chi connectivity index (χ1n) is 7.49. The topological polar surface area (TPSA) is 62.3 Å². The van der Waals surface area contributed by atoms with Crippen LogP contribution >= 0.6 is 0 Å². The van der Waals surface area contributed by atoms with Gasteiger partial charge in [-0.2, -0.15) is 0 Å². The van der Waals surface area contributed by atoms with Crippen molar-refractivity contribution >= 4 is 15.7 Å². The van der Waals surface area contributed by atoms with Gasteiger partial charge in [-0.25, -0.2) is 13.4 Å². The summed E-state index contributed by atoms with van der Waals surface area (Å²) in [4.78, 5) is 6.52. The Kier molecular flexibility index (Phi) is 5.22. The second-order valence-corrected chi connectivity index (χ2v) is 8.14. The molecule has 1 N–H and O–H groups in total. The highest BCUT2D eigenvalue weighted by Crippen LogP contribution is 2.20. The quantitative estimate of drug-likeness (QED) is 0.786. The molecule has 6 heteroatoms. The van der Waals surface area contributed by atoms with Crippen LogP contribution in [0.15, 0.2) is 12.1 Å². The molecule has 0 aromatic carbocycles. The molecule has 118 valence electrons. The van der Waals surface area contributed by atoms with E-state index in [1.54, 1.807) is 0 Å². The second kappa shape index (κ2) is 6.75. The average molecular weight is 311 g/mol. The van der Waals surface area contributed by atoms with Crippen molar-refractivity contribution in [3.05, 3.63) is 23.4 Å². The van der Waals surface area contributed by atoms with E-state index in [2.05, 4.69) is 29.4 Å². The maximum atomic E-state index is 11.3. The van der Waals surface area contributed by atoms with Crippen LogP contribution in [0.1, 0.15) is 31.0 Å². The SMILES string of the molecule is CCc1cc(CNC2CC2)cc(N(C)CCS(C)(=O)=O)n1. The predicted molar refractivity (Wildman–Crippen MR) is 86.5 cm³/mol. The van der Waals surface area contributed by atoms with Gasteiger partial charge in [0.15, 0.2) is 0 Å². The second-order valence-electron chi connectivity index (χ2n) is 5.89. The molecule has 0 atom stereocenters. The van der Waals surface area contributed by atoms with E-state index in [0.717, 1.165) is 24.5 Å². The van der Waals surface area contributed by atoms with Gasteiger partial charge < -0.3 is 10.2 Å². The van der Waals surface area contributed by atoms with Crippen LogP contribution in [0.5, 0.6) is 0 Å². The number of aromatic nitrogens is 1. The van der Waals surface area contributed by atoms with Crippen LogP contribution in [0.3, 0.4) is 0 Å². The van der Waals surface area contributed by atoms with Crippen molar-refractivity contribution in [3.8, 4) is 0 Å². The van der Waals surface area contributed by atoms with Crippen molar-refractivity contribution in [1.29, 1.82) is 0 Å². The molecule has 1 saturated carbocycles. The van der Waals surface area contributed by atoms with Gasteiger partial charge in [0, 0.05) is 38.1 Å². The Morgan fingerprint density at radius 1 is 1.38 bits per heavy atom. The minimum atomic E-state index is -2.95. The largest absolute Gasteiger partial charge is 0.359 e.